The molecule has 0 aliphatic carbocycles. The van der Waals surface area contributed by atoms with E-state index in [1.165, 1.54) is 18.4 Å². The lowest BCUT2D eigenvalue weighted by molar-refractivity contribution is -0.0197. The molecule has 19 heavy (non-hydrogen) atoms. The summed E-state index contributed by atoms with van der Waals surface area (Å²) in [7, 11) is 0. The highest BCUT2D eigenvalue weighted by molar-refractivity contribution is 5.27. The summed E-state index contributed by atoms with van der Waals surface area (Å²) >= 11 is 0. The number of hydrogen-bond acceptors (Lipinski definition) is 2. The Bertz CT molecular complexity index is 355. The van der Waals surface area contributed by atoms with Crippen molar-refractivity contribution in [1.82, 2.24) is 0 Å². The molecular weight excluding hydrogens is 236 g/mol. The number of benzene rings is 1. The van der Waals surface area contributed by atoms with Gasteiger partial charge in [0, 0.05) is 18.6 Å². The van der Waals surface area contributed by atoms with Crippen LogP contribution in [0.5, 0.6) is 0 Å². The first-order chi connectivity index (χ1) is 9.29. The molecule has 1 aromatic rings. The lowest BCUT2D eigenvalue weighted by Gasteiger charge is -2.41. The quantitative estimate of drug-likeness (QED) is 0.793. The van der Waals surface area contributed by atoms with Gasteiger partial charge in [-0.05, 0) is 24.8 Å². The Labute approximate surface area is 116 Å². The molecule has 0 saturated carbocycles. The first-order valence-electron chi connectivity index (χ1n) is 7.61. The lowest BCUT2D eigenvalue weighted by atomic mass is 9.69. The molecule has 0 bridgehead atoms. The van der Waals surface area contributed by atoms with Crippen LogP contribution >= 0.6 is 0 Å². The van der Waals surface area contributed by atoms with Gasteiger partial charge >= 0.3 is 0 Å². The van der Waals surface area contributed by atoms with Gasteiger partial charge in [-0.25, -0.2) is 0 Å². The maximum Gasteiger partial charge on any atom is 0.0638 e. The van der Waals surface area contributed by atoms with E-state index in [-0.39, 0.29) is 11.5 Å². The van der Waals surface area contributed by atoms with E-state index < -0.39 is 0 Å². The van der Waals surface area contributed by atoms with Crippen molar-refractivity contribution in [3.63, 3.8) is 0 Å². The zero-order valence-electron chi connectivity index (χ0n) is 12.0. The van der Waals surface area contributed by atoms with E-state index in [2.05, 4.69) is 31.2 Å². The molecule has 2 rings (SSSR count). The second-order valence-corrected chi connectivity index (χ2v) is 5.65. The average molecular weight is 262 g/mol. The fourth-order valence-electron chi connectivity index (χ4n) is 3.18. The van der Waals surface area contributed by atoms with Crippen molar-refractivity contribution in [1.29, 1.82) is 0 Å². The minimum Gasteiger partial charge on any atom is -0.392 e. The van der Waals surface area contributed by atoms with Gasteiger partial charge in [-0.1, -0.05) is 56.5 Å². The Morgan fingerprint density at radius 2 is 1.84 bits per heavy atom. The van der Waals surface area contributed by atoms with Crippen molar-refractivity contribution in [3.05, 3.63) is 35.9 Å². The fourth-order valence-corrected chi connectivity index (χ4v) is 3.18. The smallest absolute Gasteiger partial charge is 0.0638 e. The molecule has 0 aromatic heterocycles. The number of rotatable bonds is 6. The van der Waals surface area contributed by atoms with E-state index in [4.69, 9.17) is 4.74 Å². The third-order valence-corrected chi connectivity index (χ3v) is 4.45. The van der Waals surface area contributed by atoms with Gasteiger partial charge in [0.15, 0.2) is 0 Å². The monoisotopic (exact) mass is 262 g/mol. The molecule has 2 nitrogen and oxygen atoms in total. The minimum absolute atomic E-state index is 0.0900. The topological polar surface area (TPSA) is 29.5 Å². The van der Waals surface area contributed by atoms with Gasteiger partial charge in [0.05, 0.1) is 6.10 Å². The molecule has 1 aromatic carbocycles. The van der Waals surface area contributed by atoms with Gasteiger partial charge < -0.3 is 9.84 Å². The number of aliphatic hydroxyl groups excluding tert-OH is 1. The van der Waals surface area contributed by atoms with Crippen LogP contribution in [0, 0.1) is 0 Å². The molecule has 1 unspecified atom stereocenters. The lowest BCUT2D eigenvalue weighted by Crippen LogP contribution is -2.44. The van der Waals surface area contributed by atoms with Gasteiger partial charge in [0.2, 0.25) is 0 Å². The molecule has 1 heterocycles. The summed E-state index contributed by atoms with van der Waals surface area (Å²) < 4.78 is 5.51. The van der Waals surface area contributed by atoms with Crippen LogP contribution in [0.1, 0.15) is 51.0 Å². The van der Waals surface area contributed by atoms with Gasteiger partial charge in [0.25, 0.3) is 0 Å². The van der Waals surface area contributed by atoms with Crippen LogP contribution in [-0.2, 0) is 10.2 Å². The predicted molar refractivity (Wildman–Crippen MR) is 78.3 cm³/mol. The number of aliphatic hydroxyl groups is 1. The van der Waals surface area contributed by atoms with Gasteiger partial charge in [0.1, 0.15) is 0 Å². The molecule has 1 fully saturated rings. The molecule has 106 valence electrons. The van der Waals surface area contributed by atoms with E-state index in [9.17, 15) is 5.11 Å². The third kappa shape index (κ3) is 3.37. The molecule has 0 spiro atoms. The Balaban J connectivity index is 2.15. The van der Waals surface area contributed by atoms with E-state index in [0.717, 1.165) is 38.9 Å². The maximum absolute atomic E-state index is 10.7. The van der Waals surface area contributed by atoms with Crippen molar-refractivity contribution < 1.29 is 9.84 Å². The summed E-state index contributed by atoms with van der Waals surface area (Å²) in [6.45, 7) is 3.73. The van der Waals surface area contributed by atoms with Crippen LogP contribution in [0.25, 0.3) is 0 Å². The van der Waals surface area contributed by atoms with E-state index in [0.29, 0.717) is 0 Å². The second kappa shape index (κ2) is 7.06. The highest BCUT2D eigenvalue weighted by atomic mass is 16.5. The minimum atomic E-state index is -0.245. The Kier molecular flexibility index (Phi) is 5.41. The van der Waals surface area contributed by atoms with Crippen molar-refractivity contribution >= 4 is 0 Å². The molecule has 1 atom stereocenters. The zero-order valence-corrected chi connectivity index (χ0v) is 12.0. The first kappa shape index (κ1) is 14.5. The van der Waals surface area contributed by atoms with Crippen molar-refractivity contribution in [2.45, 2.75) is 57.0 Å². The van der Waals surface area contributed by atoms with E-state index >= 15 is 0 Å². The molecule has 1 N–H and O–H groups in total. The summed E-state index contributed by atoms with van der Waals surface area (Å²) in [6, 6.07) is 10.5. The summed E-state index contributed by atoms with van der Waals surface area (Å²) in [5.41, 5.74) is 1.19. The Hall–Kier alpha value is -0.860. The summed E-state index contributed by atoms with van der Waals surface area (Å²) in [4.78, 5) is 0. The van der Waals surface area contributed by atoms with Crippen LogP contribution in [0.2, 0.25) is 0 Å². The van der Waals surface area contributed by atoms with Crippen LogP contribution < -0.4 is 0 Å². The molecular formula is C17H26O2. The Morgan fingerprint density at radius 3 is 2.47 bits per heavy atom. The Morgan fingerprint density at radius 1 is 1.16 bits per heavy atom. The number of hydrogen-bond donors (Lipinski definition) is 1. The summed E-state index contributed by atoms with van der Waals surface area (Å²) in [5, 5.41) is 10.7. The van der Waals surface area contributed by atoms with Gasteiger partial charge in [-0.3, -0.25) is 0 Å². The van der Waals surface area contributed by atoms with Crippen molar-refractivity contribution in [2.75, 3.05) is 13.2 Å². The predicted octanol–water partition coefficient (Wildman–Crippen LogP) is 3.68. The first-order valence-corrected chi connectivity index (χ1v) is 7.61. The van der Waals surface area contributed by atoms with Crippen LogP contribution in [0.15, 0.2) is 30.3 Å². The fraction of sp³-hybridized carbons (Fsp3) is 0.647. The molecule has 0 radical (unpaired) electrons. The van der Waals surface area contributed by atoms with E-state index in [1.807, 2.05) is 6.07 Å². The highest BCUT2D eigenvalue weighted by Gasteiger charge is 2.40. The normalized spacial score (nSPS) is 20.1. The van der Waals surface area contributed by atoms with Gasteiger partial charge in [-0.2, -0.15) is 0 Å². The van der Waals surface area contributed by atoms with Crippen LogP contribution in [0.3, 0.4) is 0 Å². The number of unbranched alkanes of at least 4 members (excludes halogenated alkanes) is 2. The summed E-state index contributed by atoms with van der Waals surface area (Å²) in [6.07, 6.45) is 6.06. The third-order valence-electron chi connectivity index (χ3n) is 4.45. The largest absolute Gasteiger partial charge is 0.392 e. The molecule has 1 aliphatic rings. The maximum atomic E-state index is 10.7. The standard InChI is InChI=1S/C17H26O2/c1-2-3-5-10-16(18)17(11-13-19-14-12-17)15-8-6-4-7-9-15/h4,6-9,16,18H,2-3,5,10-14H2,1H3. The molecule has 0 amide bonds. The van der Waals surface area contributed by atoms with Gasteiger partial charge in [-0.15, -0.1) is 0 Å². The molecule has 1 aliphatic heterocycles. The summed E-state index contributed by atoms with van der Waals surface area (Å²) in [5.74, 6) is 0. The van der Waals surface area contributed by atoms with Crippen LogP contribution in [0.4, 0.5) is 0 Å². The molecule has 1 saturated heterocycles. The number of ether oxygens (including phenoxy) is 1. The zero-order chi connectivity index (χ0) is 13.6. The second-order valence-electron chi connectivity index (χ2n) is 5.65. The SMILES string of the molecule is CCCCCC(O)C1(c2ccccc2)CCOCC1. The highest BCUT2D eigenvalue weighted by Crippen LogP contribution is 2.39. The van der Waals surface area contributed by atoms with E-state index in [1.54, 1.807) is 0 Å². The average Bonchev–Trinajstić information content (AvgIpc) is 2.49. The van der Waals surface area contributed by atoms with Crippen molar-refractivity contribution in [3.8, 4) is 0 Å². The van der Waals surface area contributed by atoms with Crippen LogP contribution in [-0.4, -0.2) is 24.4 Å². The van der Waals surface area contributed by atoms with Crippen molar-refractivity contribution in [2.24, 2.45) is 0 Å². The molecule has 2 heteroatoms.